The maximum atomic E-state index is 6.41. The molecule has 0 atom stereocenters. The molecule has 2 aromatic heterocycles. The maximum Gasteiger partial charge on any atom is 0.137 e. The van der Waals surface area contributed by atoms with E-state index in [4.69, 9.17) is 8.83 Å². The predicted octanol–water partition coefficient (Wildman–Crippen LogP) is 16.4. The third-order valence-corrected chi connectivity index (χ3v) is 11.8. The second-order valence-corrected chi connectivity index (χ2v) is 15.3. The van der Waals surface area contributed by atoms with Crippen molar-refractivity contribution in [2.24, 2.45) is 0 Å². The lowest BCUT2D eigenvalue weighted by Gasteiger charge is -2.30. The quantitative estimate of drug-likeness (QED) is 0.151. The van der Waals surface area contributed by atoms with Gasteiger partial charge in [0.15, 0.2) is 0 Å². The molecule has 282 valence electrons. The van der Waals surface area contributed by atoms with Gasteiger partial charge in [-0.25, -0.2) is 0 Å². The summed E-state index contributed by atoms with van der Waals surface area (Å²) in [7, 11) is 0. The van der Waals surface area contributed by atoms with Gasteiger partial charge in [0, 0.05) is 44.6 Å². The summed E-state index contributed by atoms with van der Waals surface area (Å²) in [5.41, 5.74) is 12.1. The zero-order chi connectivity index (χ0) is 39.6. The Balaban J connectivity index is 1.08. The maximum absolute atomic E-state index is 6.41. The van der Waals surface area contributed by atoms with Crippen molar-refractivity contribution in [2.75, 3.05) is 9.80 Å². The van der Waals surface area contributed by atoms with E-state index in [0.29, 0.717) is 0 Å². The number of para-hydroxylation sites is 3. The molecule has 0 N–H and O–H groups in total. The van der Waals surface area contributed by atoms with Crippen LogP contribution in [0.4, 0.5) is 34.1 Å². The molecule has 0 fully saturated rings. The monoisotopic (exact) mass is 768 g/mol. The Morgan fingerprint density at radius 3 is 1.65 bits per heavy atom. The van der Waals surface area contributed by atoms with Crippen LogP contribution in [0.1, 0.15) is 0 Å². The summed E-state index contributed by atoms with van der Waals surface area (Å²) in [6.07, 6.45) is 0. The number of anilines is 6. The van der Waals surface area contributed by atoms with Crippen LogP contribution in [0.3, 0.4) is 0 Å². The van der Waals surface area contributed by atoms with Gasteiger partial charge >= 0.3 is 0 Å². The van der Waals surface area contributed by atoms with E-state index in [1.807, 2.05) is 24.3 Å². The summed E-state index contributed by atoms with van der Waals surface area (Å²) in [6.45, 7) is 0. The molecule has 0 saturated heterocycles. The summed E-state index contributed by atoms with van der Waals surface area (Å²) in [5, 5.41) is 9.11. The molecule has 2 heterocycles. The third kappa shape index (κ3) is 5.61. The fraction of sp³-hybridized carbons (Fsp3) is 0. The molecule has 4 nitrogen and oxygen atoms in total. The first-order valence-corrected chi connectivity index (χ1v) is 20.3. The first-order valence-electron chi connectivity index (χ1n) is 20.3. The fourth-order valence-electron chi connectivity index (χ4n) is 9.02. The first kappa shape index (κ1) is 34.0. The van der Waals surface area contributed by atoms with Gasteiger partial charge in [-0.05, 0) is 124 Å². The number of nitrogens with zero attached hydrogens (tertiary/aromatic N) is 2. The molecule has 0 aliphatic rings. The van der Waals surface area contributed by atoms with Crippen LogP contribution < -0.4 is 9.80 Å². The van der Waals surface area contributed by atoms with Crippen LogP contribution in [0, 0.1) is 0 Å². The Hall–Kier alpha value is -8.08. The van der Waals surface area contributed by atoms with Gasteiger partial charge in [-0.1, -0.05) is 127 Å². The highest BCUT2D eigenvalue weighted by Crippen LogP contribution is 2.46. The molecule has 60 heavy (non-hydrogen) atoms. The van der Waals surface area contributed by atoms with Crippen molar-refractivity contribution in [2.45, 2.75) is 0 Å². The molecule has 10 aromatic carbocycles. The van der Waals surface area contributed by atoms with Crippen LogP contribution in [0.15, 0.2) is 227 Å². The molecule has 0 aliphatic carbocycles. The number of fused-ring (bicyclic) bond motifs is 9. The molecule has 0 unspecified atom stereocenters. The van der Waals surface area contributed by atoms with Crippen LogP contribution in [-0.2, 0) is 0 Å². The van der Waals surface area contributed by atoms with E-state index in [1.165, 1.54) is 21.7 Å². The van der Waals surface area contributed by atoms with Gasteiger partial charge in [0.2, 0.25) is 0 Å². The highest BCUT2D eigenvalue weighted by atomic mass is 16.3. The molecular formula is C56H36N2O2. The van der Waals surface area contributed by atoms with Gasteiger partial charge in [-0.3, -0.25) is 0 Å². The minimum atomic E-state index is 0.856. The summed E-state index contributed by atoms with van der Waals surface area (Å²) in [6, 6.07) is 77.6. The number of hydrogen-bond donors (Lipinski definition) is 0. The number of furan rings is 2. The lowest BCUT2D eigenvalue weighted by atomic mass is 9.98. The van der Waals surface area contributed by atoms with Crippen molar-refractivity contribution in [3.05, 3.63) is 218 Å². The SMILES string of the molecule is c1ccc(-c2cccc(N(c3cccc(N(c4ccccc4)c4cccc5oc6ccccc6c45)c3)c3ccc4ccc5cc6oc7ccccc7c6cc5c4c3)c2)cc1. The van der Waals surface area contributed by atoms with E-state index in [2.05, 4.69) is 204 Å². The van der Waals surface area contributed by atoms with Gasteiger partial charge in [-0.2, -0.15) is 0 Å². The fourth-order valence-corrected chi connectivity index (χ4v) is 9.02. The van der Waals surface area contributed by atoms with E-state index in [9.17, 15) is 0 Å². The Morgan fingerprint density at radius 2 is 0.817 bits per heavy atom. The first-order chi connectivity index (χ1) is 29.7. The molecule has 0 bridgehead atoms. The Labute approximate surface area is 346 Å². The van der Waals surface area contributed by atoms with E-state index in [0.717, 1.165) is 89.0 Å². The average Bonchev–Trinajstić information content (AvgIpc) is 3.88. The van der Waals surface area contributed by atoms with Crippen molar-refractivity contribution >= 4 is 99.5 Å². The van der Waals surface area contributed by atoms with Crippen LogP contribution >= 0.6 is 0 Å². The van der Waals surface area contributed by atoms with E-state index >= 15 is 0 Å². The normalized spacial score (nSPS) is 11.7. The minimum Gasteiger partial charge on any atom is -0.456 e. The minimum absolute atomic E-state index is 0.856. The van der Waals surface area contributed by atoms with Crippen molar-refractivity contribution in [3.8, 4) is 11.1 Å². The second kappa shape index (κ2) is 13.8. The smallest absolute Gasteiger partial charge is 0.137 e. The molecule has 4 heteroatoms. The van der Waals surface area contributed by atoms with Gasteiger partial charge in [0.05, 0.1) is 11.1 Å². The Bertz CT molecular complexity index is 3570. The topological polar surface area (TPSA) is 32.8 Å². The largest absolute Gasteiger partial charge is 0.456 e. The van der Waals surface area contributed by atoms with Crippen molar-refractivity contribution in [1.82, 2.24) is 0 Å². The lowest BCUT2D eigenvalue weighted by molar-refractivity contribution is 0.669. The molecule has 0 aliphatic heterocycles. The zero-order valence-electron chi connectivity index (χ0n) is 32.5. The zero-order valence-corrected chi connectivity index (χ0v) is 32.5. The second-order valence-electron chi connectivity index (χ2n) is 15.3. The van der Waals surface area contributed by atoms with Gasteiger partial charge in [0.1, 0.15) is 22.3 Å². The Kier molecular flexibility index (Phi) is 7.82. The van der Waals surface area contributed by atoms with Gasteiger partial charge in [0.25, 0.3) is 0 Å². The number of benzene rings is 10. The van der Waals surface area contributed by atoms with E-state index in [-0.39, 0.29) is 0 Å². The molecule has 0 spiro atoms. The molecule has 0 amide bonds. The molecular weight excluding hydrogens is 733 g/mol. The van der Waals surface area contributed by atoms with Gasteiger partial charge in [-0.15, -0.1) is 0 Å². The molecule has 0 radical (unpaired) electrons. The molecule has 0 saturated carbocycles. The Morgan fingerprint density at radius 1 is 0.267 bits per heavy atom. The predicted molar refractivity (Wildman–Crippen MR) is 251 cm³/mol. The van der Waals surface area contributed by atoms with Crippen LogP contribution in [-0.4, -0.2) is 0 Å². The molecule has 12 rings (SSSR count). The number of hydrogen-bond acceptors (Lipinski definition) is 4. The van der Waals surface area contributed by atoms with E-state index in [1.54, 1.807) is 0 Å². The van der Waals surface area contributed by atoms with Crippen molar-refractivity contribution in [3.63, 3.8) is 0 Å². The van der Waals surface area contributed by atoms with Crippen LogP contribution in [0.25, 0.3) is 76.5 Å². The number of rotatable bonds is 7. The lowest BCUT2D eigenvalue weighted by Crippen LogP contribution is -2.13. The molecule has 12 aromatic rings. The average molecular weight is 769 g/mol. The highest BCUT2D eigenvalue weighted by Gasteiger charge is 2.22. The highest BCUT2D eigenvalue weighted by molar-refractivity contribution is 6.17. The van der Waals surface area contributed by atoms with Crippen LogP contribution in [0.2, 0.25) is 0 Å². The summed E-state index contributed by atoms with van der Waals surface area (Å²) >= 11 is 0. The standard InChI is InChI=1S/C56H36N2O2/c1-3-14-37(15-4-1)39-16-11-19-42(32-39)57(45-31-30-38-28-29-40-33-55-50(36-49(40)48(38)35-45)46-22-7-9-25-52(46)60-55)43-20-12-21-44(34-43)58(41-17-5-2-6-18-41)51-24-13-27-54-56(51)47-23-8-10-26-53(47)59-54/h1-36H. The van der Waals surface area contributed by atoms with Crippen molar-refractivity contribution in [1.29, 1.82) is 0 Å². The van der Waals surface area contributed by atoms with Crippen LogP contribution in [0.5, 0.6) is 0 Å². The summed E-state index contributed by atoms with van der Waals surface area (Å²) < 4.78 is 12.7. The van der Waals surface area contributed by atoms with E-state index < -0.39 is 0 Å². The van der Waals surface area contributed by atoms with Crippen molar-refractivity contribution < 1.29 is 8.83 Å². The third-order valence-electron chi connectivity index (χ3n) is 11.8. The summed E-state index contributed by atoms with van der Waals surface area (Å²) in [4.78, 5) is 4.73. The van der Waals surface area contributed by atoms with Gasteiger partial charge < -0.3 is 18.6 Å². The summed E-state index contributed by atoms with van der Waals surface area (Å²) in [5.74, 6) is 0.